The van der Waals surface area contributed by atoms with Crippen molar-refractivity contribution in [2.24, 2.45) is 0 Å². The summed E-state index contributed by atoms with van der Waals surface area (Å²) in [4.78, 5) is 17.4. The third-order valence-corrected chi connectivity index (χ3v) is 6.26. The second-order valence-electron chi connectivity index (χ2n) is 7.98. The normalized spacial score (nSPS) is 14.7. The van der Waals surface area contributed by atoms with Crippen molar-refractivity contribution in [1.82, 2.24) is 18.7 Å². The number of aryl methyl sites for hydroxylation is 1. The SMILES string of the molecule is O=c1n(Cc2c(Cl)c3cnccc3n2CCCC(F)(F)F)c2ccccc2n1C1CC1. The van der Waals surface area contributed by atoms with E-state index in [0.29, 0.717) is 16.1 Å². The van der Waals surface area contributed by atoms with Crippen LogP contribution in [-0.2, 0) is 13.1 Å². The van der Waals surface area contributed by atoms with Crippen LogP contribution in [0.15, 0.2) is 47.5 Å². The second-order valence-corrected chi connectivity index (χ2v) is 8.36. The van der Waals surface area contributed by atoms with Gasteiger partial charge in [-0.15, -0.1) is 0 Å². The number of rotatable bonds is 6. The standard InChI is InChI=1S/C22H20ClF3N4O/c23-20-15-12-27-10-8-16(15)28(11-3-9-22(24,25)26)19(20)13-29-17-4-1-2-5-18(17)30(21(29)31)14-6-7-14/h1-2,4-5,8,10,12,14H,3,6-7,9,11,13H2. The third-order valence-electron chi connectivity index (χ3n) is 5.84. The van der Waals surface area contributed by atoms with Crippen molar-refractivity contribution in [3.8, 4) is 0 Å². The second kappa shape index (κ2) is 7.44. The highest BCUT2D eigenvalue weighted by atomic mass is 35.5. The van der Waals surface area contributed by atoms with Gasteiger partial charge in [-0.3, -0.25) is 14.1 Å². The minimum absolute atomic E-state index is 0.0718. The molecule has 0 bridgehead atoms. The van der Waals surface area contributed by atoms with Gasteiger partial charge in [0.25, 0.3) is 0 Å². The molecule has 0 N–H and O–H groups in total. The number of benzene rings is 1. The van der Waals surface area contributed by atoms with Gasteiger partial charge in [0.15, 0.2) is 0 Å². The van der Waals surface area contributed by atoms with Crippen LogP contribution >= 0.6 is 11.6 Å². The smallest absolute Gasteiger partial charge is 0.342 e. The lowest BCUT2D eigenvalue weighted by atomic mass is 10.3. The Morgan fingerprint density at radius 1 is 1.06 bits per heavy atom. The average Bonchev–Trinajstić information content (AvgIpc) is 3.48. The number of fused-ring (bicyclic) bond motifs is 2. The number of pyridine rings is 1. The van der Waals surface area contributed by atoms with Crippen LogP contribution in [0, 0.1) is 0 Å². The zero-order chi connectivity index (χ0) is 21.8. The minimum Gasteiger partial charge on any atom is -0.342 e. The molecule has 1 saturated carbocycles. The van der Waals surface area contributed by atoms with E-state index in [9.17, 15) is 18.0 Å². The molecule has 3 aromatic heterocycles. The van der Waals surface area contributed by atoms with Gasteiger partial charge < -0.3 is 4.57 Å². The maximum atomic E-state index is 13.3. The topological polar surface area (TPSA) is 44.8 Å². The van der Waals surface area contributed by atoms with E-state index in [1.165, 1.54) is 0 Å². The number of halogens is 4. The lowest BCUT2D eigenvalue weighted by molar-refractivity contribution is -0.135. The van der Waals surface area contributed by atoms with Crippen molar-refractivity contribution in [3.05, 3.63) is 63.9 Å². The van der Waals surface area contributed by atoms with Gasteiger partial charge in [0.2, 0.25) is 0 Å². The summed E-state index contributed by atoms with van der Waals surface area (Å²) in [7, 11) is 0. The van der Waals surface area contributed by atoms with Crippen molar-refractivity contribution in [2.75, 3.05) is 0 Å². The Hall–Kier alpha value is -2.74. The van der Waals surface area contributed by atoms with Crippen LogP contribution in [0.25, 0.3) is 21.9 Å². The molecular formula is C22H20ClF3N4O. The number of para-hydroxylation sites is 2. The third kappa shape index (κ3) is 3.63. The van der Waals surface area contributed by atoms with Gasteiger partial charge in [0.1, 0.15) is 0 Å². The number of aromatic nitrogens is 4. The van der Waals surface area contributed by atoms with Crippen LogP contribution < -0.4 is 5.69 Å². The first kappa shape index (κ1) is 20.2. The first-order valence-electron chi connectivity index (χ1n) is 10.2. The van der Waals surface area contributed by atoms with Crippen LogP contribution in [0.2, 0.25) is 5.02 Å². The highest BCUT2D eigenvalue weighted by Crippen LogP contribution is 2.37. The predicted octanol–water partition coefficient (Wildman–Crippen LogP) is 5.53. The lowest BCUT2D eigenvalue weighted by Gasteiger charge is -2.13. The maximum absolute atomic E-state index is 13.3. The van der Waals surface area contributed by atoms with Crippen molar-refractivity contribution in [3.63, 3.8) is 0 Å². The zero-order valence-corrected chi connectivity index (χ0v) is 17.3. The van der Waals surface area contributed by atoms with Gasteiger partial charge in [-0.2, -0.15) is 13.2 Å². The van der Waals surface area contributed by atoms with E-state index < -0.39 is 12.6 Å². The van der Waals surface area contributed by atoms with E-state index in [1.54, 1.807) is 27.6 Å². The molecule has 5 nitrogen and oxygen atoms in total. The van der Waals surface area contributed by atoms with Crippen LogP contribution in [0.5, 0.6) is 0 Å². The fourth-order valence-corrected chi connectivity index (χ4v) is 4.59. The summed E-state index contributed by atoms with van der Waals surface area (Å²) in [6.07, 6.45) is -0.0297. The van der Waals surface area contributed by atoms with E-state index in [4.69, 9.17) is 11.6 Å². The highest BCUT2D eigenvalue weighted by Gasteiger charge is 2.30. The maximum Gasteiger partial charge on any atom is 0.389 e. The summed E-state index contributed by atoms with van der Waals surface area (Å²) >= 11 is 6.66. The van der Waals surface area contributed by atoms with Crippen LogP contribution in [0.4, 0.5) is 13.2 Å². The summed E-state index contributed by atoms with van der Waals surface area (Å²) in [6.45, 7) is 0.330. The molecule has 0 atom stereocenters. The summed E-state index contributed by atoms with van der Waals surface area (Å²) in [5.74, 6) is 0. The number of nitrogens with zero attached hydrogens (tertiary/aromatic N) is 4. The number of alkyl halides is 3. The molecule has 1 fully saturated rings. The molecule has 9 heteroatoms. The van der Waals surface area contributed by atoms with Crippen molar-refractivity contribution in [2.45, 2.75) is 51.0 Å². The predicted molar refractivity (Wildman–Crippen MR) is 114 cm³/mol. The average molecular weight is 449 g/mol. The van der Waals surface area contributed by atoms with Gasteiger partial charge in [0.05, 0.1) is 33.8 Å². The van der Waals surface area contributed by atoms with Crippen LogP contribution in [0.3, 0.4) is 0 Å². The van der Waals surface area contributed by atoms with Gasteiger partial charge >= 0.3 is 11.9 Å². The van der Waals surface area contributed by atoms with Crippen LogP contribution in [0.1, 0.15) is 37.4 Å². The molecular weight excluding hydrogens is 429 g/mol. The number of hydrogen-bond acceptors (Lipinski definition) is 2. The van der Waals surface area contributed by atoms with E-state index in [0.717, 1.165) is 29.4 Å². The molecule has 1 aromatic carbocycles. The molecule has 5 rings (SSSR count). The molecule has 3 heterocycles. The summed E-state index contributed by atoms with van der Waals surface area (Å²) in [6, 6.07) is 9.54. The van der Waals surface area contributed by atoms with Gasteiger partial charge in [-0.1, -0.05) is 23.7 Å². The van der Waals surface area contributed by atoms with Gasteiger partial charge in [-0.05, 0) is 37.5 Å². The van der Waals surface area contributed by atoms with Crippen molar-refractivity contribution >= 4 is 33.5 Å². The molecule has 0 unspecified atom stereocenters. The van der Waals surface area contributed by atoms with E-state index in [1.807, 2.05) is 28.8 Å². The fraction of sp³-hybridized carbons (Fsp3) is 0.364. The summed E-state index contributed by atoms with van der Waals surface area (Å²) in [5, 5.41) is 1.09. The molecule has 31 heavy (non-hydrogen) atoms. The Bertz CT molecular complexity index is 1330. The monoisotopic (exact) mass is 448 g/mol. The van der Waals surface area contributed by atoms with Crippen molar-refractivity contribution < 1.29 is 13.2 Å². The highest BCUT2D eigenvalue weighted by molar-refractivity contribution is 6.36. The molecule has 162 valence electrons. The Labute approximate surface area is 180 Å². The molecule has 0 spiro atoms. The van der Waals surface area contributed by atoms with Crippen LogP contribution in [-0.4, -0.2) is 24.9 Å². The quantitative estimate of drug-likeness (QED) is 0.389. The Balaban J connectivity index is 1.61. The van der Waals surface area contributed by atoms with E-state index >= 15 is 0 Å². The first-order valence-corrected chi connectivity index (χ1v) is 10.6. The summed E-state index contributed by atoms with van der Waals surface area (Å²) < 4.78 is 43.5. The van der Waals surface area contributed by atoms with E-state index in [-0.39, 0.29) is 31.2 Å². The number of hydrogen-bond donors (Lipinski definition) is 0. The lowest BCUT2D eigenvalue weighted by Crippen LogP contribution is -2.25. The molecule has 1 aliphatic rings. The fourth-order valence-electron chi connectivity index (χ4n) is 4.28. The Morgan fingerprint density at radius 2 is 1.81 bits per heavy atom. The Kier molecular flexibility index (Phi) is 4.84. The molecule has 0 radical (unpaired) electrons. The molecule has 1 aliphatic carbocycles. The van der Waals surface area contributed by atoms with Gasteiger partial charge in [-0.25, -0.2) is 4.79 Å². The minimum atomic E-state index is -4.22. The van der Waals surface area contributed by atoms with E-state index in [2.05, 4.69) is 4.98 Å². The largest absolute Gasteiger partial charge is 0.389 e. The zero-order valence-electron chi connectivity index (χ0n) is 16.6. The molecule has 4 aromatic rings. The molecule has 0 amide bonds. The molecule has 0 aliphatic heterocycles. The Morgan fingerprint density at radius 3 is 2.52 bits per heavy atom. The first-order chi connectivity index (χ1) is 14.8. The van der Waals surface area contributed by atoms with Crippen molar-refractivity contribution in [1.29, 1.82) is 0 Å². The molecule has 0 saturated heterocycles. The van der Waals surface area contributed by atoms with Gasteiger partial charge in [0, 0.05) is 36.8 Å². The number of imidazole rings is 1. The summed E-state index contributed by atoms with van der Waals surface area (Å²) in [5.41, 5.74) is 2.88.